The highest BCUT2D eigenvalue weighted by Crippen LogP contribution is 2.24. The van der Waals surface area contributed by atoms with Crippen molar-refractivity contribution >= 4 is 24.2 Å². The van der Waals surface area contributed by atoms with E-state index in [0.717, 1.165) is 11.1 Å². The summed E-state index contributed by atoms with van der Waals surface area (Å²) in [5, 5.41) is 20.9. The monoisotopic (exact) mass is 473 g/mol. The molecule has 1 unspecified atom stereocenters. The van der Waals surface area contributed by atoms with E-state index in [9.17, 15) is 14.7 Å². The number of hydrogen-bond donors (Lipinski definition) is 3. The Morgan fingerprint density at radius 1 is 0.941 bits per heavy atom. The van der Waals surface area contributed by atoms with Gasteiger partial charge in [-0.3, -0.25) is 4.79 Å². The maximum atomic E-state index is 11.8. The van der Waals surface area contributed by atoms with E-state index in [1.807, 2.05) is 24.3 Å². The number of rotatable bonds is 13. The molecule has 0 saturated carbocycles. The van der Waals surface area contributed by atoms with Gasteiger partial charge in [-0.25, -0.2) is 4.79 Å². The average molecular weight is 474 g/mol. The van der Waals surface area contributed by atoms with Gasteiger partial charge in [-0.1, -0.05) is 24.3 Å². The molecule has 0 heterocycles. The third kappa shape index (κ3) is 9.51. The summed E-state index contributed by atoms with van der Waals surface area (Å²) in [5.41, 5.74) is 1.80. The zero-order valence-corrected chi connectivity index (χ0v) is 19.4. The molecule has 0 radical (unpaired) electrons. The molecule has 2 rings (SSSR count). The summed E-state index contributed by atoms with van der Waals surface area (Å²) < 4.78 is 20.6. The van der Waals surface area contributed by atoms with E-state index in [4.69, 9.17) is 24.1 Å². The lowest BCUT2D eigenvalue weighted by atomic mass is 10.1. The highest BCUT2D eigenvalue weighted by atomic mass is 16.7. The van der Waals surface area contributed by atoms with Crippen LogP contribution in [0, 0.1) is 0 Å². The minimum Gasteiger partial charge on any atom is -0.497 e. The second kappa shape index (κ2) is 14.6. The largest absolute Gasteiger partial charge is 0.513 e. The van der Waals surface area contributed by atoms with Crippen LogP contribution in [0.25, 0.3) is 12.2 Å². The second-order valence-corrected chi connectivity index (χ2v) is 7.28. The highest BCUT2D eigenvalue weighted by molar-refractivity contribution is 5.80. The van der Waals surface area contributed by atoms with Crippen molar-refractivity contribution in [2.45, 2.75) is 25.4 Å². The zero-order valence-electron chi connectivity index (χ0n) is 19.4. The number of carbonyl (C=O) groups is 2. The van der Waals surface area contributed by atoms with Crippen molar-refractivity contribution in [3.63, 3.8) is 0 Å². The molecule has 1 amide bonds. The first kappa shape index (κ1) is 26.7. The summed E-state index contributed by atoms with van der Waals surface area (Å²) in [5.74, 6) is 1.14. The number of carbonyl (C=O) groups excluding carboxylic acids is 2. The molecule has 0 fully saturated rings. The number of benzene rings is 2. The minimum absolute atomic E-state index is 0.0166. The van der Waals surface area contributed by atoms with Gasteiger partial charge in [0.25, 0.3) is 0 Å². The first-order valence-electron chi connectivity index (χ1n) is 10.9. The Hall–Kier alpha value is -3.56. The maximum absolute atomic E-state index is 11.8. The molecule has 184 valence electrons. The number of amides is 1. The Morgan fingerprint density at radius 2 is 1.59 bits per heavy atom. The predicted molar refractivity (Wildman–Crippen MR) is 127 cm³/mol. The number of aliphatic hydroxyl groups excluding tert-OH is 2. The number of aliphatic hydroxyl groups is 2. The van der Waals surface area contributed by atoms with Crippen LogP contribution in [0.4, 0.5) is 4.79 Å². The van der Waals surface area contributed by atoms with Crippen LogP contribution in [0.1, 0.15) is 30.4 Å². The molecule has 3 N–H and O–H groups in total. The number of ether oxygens (including phenoxy) is 4. The molecule has 0 bridgehead atoms. The van der Waals surface area contributed by atoms with Gasteiger partial charge in [0.05, 0.1) is 20.8 Å². The zero-order chi connectivity index (χ0) is 24.8. The van der Waals surface area contributed by atoms with Gasteiger partial charge in [-0.15, -0.1) is 0 Å². The molecular weight excluding hydrogens is 442 g/mol. The summed E-state index contributed by atoms with van der Waals surface area (Å²) in [6, 6.07) is 12.4. The Labute approximate surface area is 198 Å². The quantitative estimate of drug-likeness (QED) is 0.176. The molecule has 0 spiro atoms. The number of methoxy groups -OCH3 is 2. The predicted octanol–water partition coefficient (Wildman–Crippen LogP) is 3.03. The van der Waals surface area contributed by atoms with Crippen LogP contribution >= 0.6 is 0 Å². The number of nitrogens with one attached hydrogen (secondary N) is 1. The Bertz CT molecular complexity index is 920. The van der Waals surface area contributed by atoms with Crippen LogP contribution in [0.15, 0.2) is 42.5 Å². The molecule has 0 aliphatic carbocycles. The van der Waals surface area contributed by atoms with E-state index in [2.05, 4.69) is 5.32 Å². The van der Waals surface area contributed by atoms with Crippen molar-refractivity contribution in [1.29, 1.82) is 0 Å². The van der Waals surface area contributed by atoms with Crippen molar-refractivity contribution in [2.75, 3.05) is 34.0 Å². The maximum Gasteiger partial charge on any atom is 0.513 e. The Morgan fingerprint density at radius 3 is 2.21 bits per heavy atom. The summed E-state index contributed by atoms with van der Waals surface area (Å²) in [6.07, 6.45) is 3.08. The van der Waals surface area contributed by atoms with E-state index >= 15 is 0 Å². The SMILES string of the molecule is COc1cc(C=Cc2ccc(OC(=O)OCCNC(=O)C(O)CCCCO)cc2)cc(OC)c1. The van der Waals surface area contributed by atoms with Gasteiger partial charge < -0.3 is 34.5 Å². The highest BCUT2D eigenvalue weighted by Gasteiger charge is 2.14. The van der Waals surface area contributed by atoms with Crippen molar-refractivity contribution < 1.29 is 38.7 Å². The standard InChI is InChI=1S/C25H31NO8/c1-31-21-15-19(16-22(17-21)32-2)7-6-18-8-10-20(11-9-18)34-25(30)33-14-12-26-24(29)23(28)5-3-4-13-27/h6-11,15-17,23,27-28H,3-5,12-14H2,1-2H3,(H,26,29). The molecule has 2 aromatic rings. The minimum atomic E-state index is -1.16. The number of hydrogen-bond acceptors (Lipinski definition) is 8. The summed E-state index contributed by atoms with van der Waals surface area (Å²) >= 11 is 0. The molecule has 2 aromatic carbocycles. The molecule has 0 saturated heterocycles. The fourth-order valence-corrected chi connectivity index (χ4v) is 2.90. The van der Waals surface area contributed by atoms with E-state index in [1.165, 1.54) is 0 Å². The third-order valence-electron chi connectivity index (χ3n) is 4.73. The fraction of sp³-hybridized carbons (Fsp3) is 0.360. The molecule has 9 nitrogen and oxygen atoms in total. The number of unbranched alkanes of at least 4 members (excludes halogenated alkanes) is 1. The van der Waals surface area contributed by atoms with Gasteiger partial charge in [-0.05, 0) is 54.7 Å². The van der Waals surface area contributed by atoms with Gasteiger partial charge in [-0.2, -0.15) is 0 Å². The van der Waals surface area contributed by atoms with Crippen LogP contribution in [-0.2, 0) is 9.53 Å². The lowest BCUT2D eigenvalue weighted by Crippen LogP contribution is -2.36. The van der Waals surface area contributed by atoms with E-state index in [-0.39, 0.29) is 26.2 Å². The summed E-state index contributed by atoms with van der Waals surface area (Å²) in [4.78, 5) is 23.5. The van der Waals surface area contributed by atoms with Crippen LogP contribution in [0.3, 0.4) is 0 Å². The lowest BCUT2D eigenvalue weighted by molar-refractivity contribution is -0.129. The fourth-order valence-electron chi connectivity index (χ4n) is 2.90. The van der Waals surface area contributed by atoms with Crippen molar-refractivity contribution in [2.24, 2.45) is 0 Å². The Balaban J connectivity index is 1.75. The van der Waals surface area contributed by atoms with E-state index < -0.39 is 18.2 Å². The first-order valence-corrected chi connectivity index (χ1v) is 10.9. The van der Waals surface area contributed by atoms with Crippen LogP contribution < -0.4 is 19.5 Å². The molecule has 9 heteroatoms. The van der Waals surface area contributed by atoms with Gasteiger partial charge in [0, 0.05) is 12.7 Å². The molecule has 0 aliphatic heterocycles. The van der Waals surface area contributed by atoms with Gasteiger partial charge >= 0.3 is 6.16 Å². The van der Waals surface area contributed by atoms with Gasteiger partial charge in [0.2, 0.25) is 5.91 Å². The van der Waals surface area contributed by atoms with Gasteiger partial charge in [0.1, 0.15) is 30.0 Å². The van der Waals surface area contributed by atoms with Crippen LogP contribution in [-0.4, -0.2) is 62.4 Å². The first-order chi connectivity index (χ1) is 16.4. The van der Waals surface area contributed by atoms with Crippen LogP contribution in [0.2, 0.25) is 0 Å². The smallest absolute Gasteiger partial charge is 0.497 e. The molecule has 1 atom stereocenters. The molecule has 0 aromatic heterocycles. The molecule has 34 heavy (non-hydrogen) atoms. The average Bonchev–Trinajstić information content (AvgIpc) is 2.85. The van der Waals surface area contributed by atoms with E-state index in [1.54, 1.807) is 44.6 Å². The molecule has 0 aliphatic rings. The normalized spacial score (nSPS) is 11.6. The van der Waals surface area contributed by atoms with Gasteiger partial charge in [0.15, 0.2) is 0 Å². The lowest BCUT2D eigenvalue weighted by Gasteiger charge is -2.11. The summed E-state index contributed by atoms with van der Waals surface area (Å²) in [7, 11) is 3.18. The topological polar surface area (TPSA) is 124 Å². The van der Waals surface area contributed by atoms with Crippen molar-refractivity contribution in [3.8, 4) is 17.2 Å². The molecular formula is C25H31NO8. The van der Waals surface area contributed by atoms with Crippen LogP contribution in [0.5, 0.6) is 17.2 Å². The Kier molecular flexibility index (Phi) is 11.4. The van der Waals surface area contributed by atoms with E-state index in [0.29, 0.717) is 30.1 Å². The summed E-state index contributed by atoms with van der Waals surface area (Å²) in [6.45, 7) is -0.0365. The van der Waals surface area contributed by atoms with Crippen molar-refractivity contribution in [3.05, 3.63) is 53.6 Å². The third-order valence-corrected chi connectivity index (χ3v) is 4.73. The second-order valence-electron chi connectivity index (χ2n) is 7.28. The van der Waals surface area contributed by atoms with Crippen molar-refractivity contribution in [1.82, 2.24) is 5.32 Å².